The van der Waals surface area contributed by atoms with E-state index in [2.05, 4.69) is 15.6 Å². The predicted molar refractivity (Wildman–Crippen MR) is 97.6 cm³/mol. The molecule has 0 aliphatic rings. The summed E-state index contributed by atoms with van der Waals surface area (Å²) in [6.07, 6.45) is 1.65. The molecule has 0 spiro atoms. The van der Waals surface area contributed by atoms with Crippen molar-refractivity contribution in [2.24, 2.45) is 0 Å². The average Bonchev–Trinajstić information content (AvgIpc) is 2.57. The summed E-state index contributed by atoms with van der Waals surface area (Å²) >= 11 is 6.87. The maximum absolute atomic E-state index is 13.4. The van der Waals surface area contributed by atoms with Gasteiger partial charge in [0, 0.05) is 24.1 Å². The first kappa shape index (κ1) is 17.5. The molecule has 0 aliphatic heterocycles. The van der Waals surface area contributed by atoms with E-state index in [1.807, 2.05) is 12.1 Å². The number of thioether (sulfide) groups is 1. The number of hydrogen-bond acceptors (Lipinski definition) is 4. The topological polar surface area (TPSA) is 46.2 Å². The SMILES string of the molecule is COc1ccc(NC(=S)NCCSCc2ccccc2F)cn1. The third-order valence-electron chi connectivity index (χ3n) is 2.95. The molecule has 0 fully saturated rings. The molecule has 1 aromatic carbocycles. The van der Waals surface area contributed by atoms with Gasteiger partial charge < -0.3 is 15.4 Å². The number of hydrogen-bond donors (Lipinski definition) is 2. The summed E-state index contributed by atoms with van der Waals surface area (Å²) in [6.45, 7) is 0.703. The normalized spacial score (nSPS) is 10.2. The third kappa shape index (κ3) is 6.03. The minimum absolute atomic E-state index is 0.155. The number of pyridine rings is 1. The quantitative estimate of drug-likeness (QED) is 0.588. The molecule has 2 rings (SSSR count). The molecule has 122 valence electrons. The van der Waals surface area contributed by atoms with Gasteiger partial charge in [0.1, 0.15) is 5.82 Å². The van der Waals surface area contributed by atoms with Crippen LogP contribution in [0.5, 0.6) is 5.88 Å². The second-order valence-corrected chi connectivity index (χ2v) is 6.13. The van der Waals surface area contributed by atoms with Gasteiger partial charge in [0.15, 0.2) is 5.11 Å². The number of aromatic nitrogens is 1. The highest BCUT2D eigenvalue weighted by Gasteiger charge is 2.01. The summed E-state index contributed by atoms with van der Waals surface area (Å²) in [7, 11) is 1.57. The zero-order valence-corrected chi connectivity index (χ0v) is 14.3. The van der Waals surface area contributed by atoms with Crippen molar-refractivity contribution in [1.82, 2.24) is 10.3 Å². The van der Waals surface area contributed by atoms with Crippen LogP contribution in [0.15, 0.2) is 42.6 Å². The molecular weight excluding hydrogens is 333 g/mol. The van der Waals surface area contributed by atoms with Gasteiger partial charge >= 0.3 is 0 Å². The monoisotopic (exact) mass is 351 g/mol. The molecule has 0 saturated carbocycles. The minimum atomic E-state index is -0.155. The first-order valence-corrected chi connectivity index (χ1v) is 8.61. The highest BCUT2D eigenvalue weighted by Crippen LogP contribution is 2.15. The second-order valence-electron chi connectivity index (χ2n) is 4.61. The summed E-state index contributed by atoms with van der Waals surface area (Å²) in [5, 5.41) is 6.68. The number of methoxy groups -OCH3 is 1. The summed E-state index contributed by atoms with van der Waals surface area (Å²) in [4.78, 5) is 4.09. The Bertz CT molecular complexity index is 637. The summed E-state index contributed by atoms with van der Waals surface area (Å²) < 4.78 is 18.4. The van der Waals surface area contributed by atoms with Crippen molar-refractivity contribution in [3.8, 4) is 5.88 Å². The van der Waals surface area contributed by atoms with E-state index >= 15 is 0 Å². The molecule has 2 aromatic rings. The molecule has 0 aliphatic carbocycles. The fourth-order valence-electron chi connectivity index (χ4n) is 1.78. The zero-order valence-electron chi connectivity index (χ0n) is 12.7. The molecular formula is C16H18FN3OS2. The van der Waals surface area contributed by atoms with E-state index in [0.717, 1.165) is 17.0 Å². The third-order valence-corrected chi connectivity index (χ3v) is 4.21. The number of rotatable bonds is 7. The van der Waals surface area contributed by atoms with E-state index in [1.54, 1.807) is 43.3 Å². The van der Waals surface area contributed by atoms with Crippen molar-refractivity contribution in [2.45, 2.75) is 5.75 Å². The Labute approximate surface area is 144 Å². The van der Waals surface area contributed by atoms with Gasteiger partial charge in [0.25, 0.3) is 0 Å². The lowest BCUT2D eigenvalue weighted by Crippen LogP contribution is -2.30. The molecule has 23 heavy (non-hydrogen) atoms. The molecule has 0 amide bonds. The van der Waals surface area contributed by atoms with E-state index in [9.17, 15) is 4.39 Å². The number of anilines is 1. The van der Waals surface area contributed by atoms with E-state index in [4.69, 9.17) is 17.0 Å². The molecule has 0 unspecified atom stereocenters. The van der Waals surface area contributed by atoms with Gasteiger partial charge in [-0.25, -0.2) is 9.37 Å². The van der Waals surface area contributed by atoms with Gasteiger partial charge in [0.2, 0.25) is 5.88 Å². The zero-order chi connectivity index (χ0) is 16.5. The van der Waals surface area contributed by atoms with Crippen molar-refractivity contribution in [1.29, 1.82) is 0 Å². The standard InChI is InChI=1S/C16H18FN3OS2/c1-21-15-7-6-13(10-19-15)20-16(22)18-8-9-23-11-12-4-2-3-5-14(12)17/h2-7,10H,8-9,11H2,1H3,(H2,18,20,22). The van der Waals surface area contributed by atoms with Crippen LogP contribution < -0.4 is 15.4 Å². The lowest BCUT2D eigenvalue weighted by Gasteiger charge is -2.10. The Kier molecular flexibility index (Phi) is 7.09. The van der Waals surface area contributed by atoms with Crippen LogP contribution in [0.2, 0.25) is 0 Å². The molecule has 0 radical (unpaired) electrons. The summed E-state index contributed by atoms with van der Waals surface area (Å²) in [5.74, 6) is 1.88. The predicted octanol–water partition coefficient (Wildman–Crippen LogP) is 3.45. The molecule has 0 atom stereocenters. The van der Waals surface area contributed by atoms with E-state index in [1.165, 1.54) is 6.07 Å². The molecule has 0 bridgehead atoms. The average molecular weight is 351 g/mol. The van der Waals surface area contributed by atoms with Gasteiger partial charge in [-0.1, -0.05) is 18.2 Å². The van der Waals surface area contributed by atoms with Gasteiger partial charge in [-0.15, -0.1) is 0 Å². The van der Waals surface area contributed by atoms with Crippen LogP contribution in [0.4, 0.5) is 10.1 Å². The number of nitrogens with zero attached hydrogens (tertiary/aromatic N) is 1. The molecule has 2 N–H and O–H groups in total. The van der Waals surface area contributed by atoms with Crippen LogP contribution in [0.25, 0.3) is 0 Å². The molecule has 0 saturated heterocycles. The highest BCUT2D eigenvalue weighted by molar-refractivity contribution is 7.98. The van der Waals surface area contributed by atoms with E-state index in [0.29, 0.717) is 23.3 Å². The van der Waals surface area contributed by atoms with Gasteiger partial charge in [0.05, 0.1) is 19.0 Å². The lowest BCUT2D eigenvalue weighted by molar-refractivity contribution is 0.398. The van der Waals surface area contributed by atoms with Crippen molar-refractivity contribution in [3.63, 3.8) is 0 Å². The smallest absolute Gasteiger partial charge is 0.213 e. The maximum atomic E-state index is 13.4. The van der Waals surface area contributed by atoms with Crippen molar-refractivity contribution in [2.75, 3.05) is 24.7 Å². The first-order chi connectivity index (χ1) is 11.2. The summed E-state index contributed by atoms with van der Waals surface area (Å²) in [6, 6.07) is 10.4. The van der Waals surface area contributed by atoms with Crippen LogP contribution in [-0.4, -0.2) is 29.5 Å². The number of halogens is 1. The van der Waals surface area contributed by atoms with E-state index in [-0.39, 0.29) is 5.82 Å². The second kappa shape index (κ2) is 9.32. The minimum Gasteiger partial charge on any atom is -0.481 e. The Hall–Kier alpha value is -1.86. The van der Waals surface area contributed by atoms with Crippen LogP contribution in [-0.2, 0) is 5.75 Å². The maximum Gasteiger partial charge on any atom is 0.213 e. The van der Waals surface area contributed by atoms with Crippen molar-refractivity contribution in [3.05, 3.63) is 54.0 Å². The number of nitrogens with one attached hydrogen (secondary N) is 2. The van der Waals surface area contributed by atoms with E-state index < -0.39 is 0 Å². The highest BCUT2D eigenvalue weighted by atomic mass is 32.2. The Morgan fingerprint density at radius 2 is 2.13 bits per heavy atom. The Balaban J connectivity index is 1.64. The van der Waals surface area contributed by atoms with Crippen molar-refractivity contribution < 1.29 is 9.13 Å². The van der Waals surface area contributed by atoms with Crippen LogP contribution in [0.1, 0.15) is 5.56 Å². The number of ether oxygens (including phenoxy) is 1. The molecule has 7 heteroatoms. The number of benzene rings is 1. The van der Waals surface area contributed by atoms with Crippen LogP contribution in [0, 0.1) is 5.82 Å². The van der Waals surface area contributed by atoms with Crippen molar-refractivity contribution >= 4 is 34.8 Å². The molecule has 1 heterocycles. The summed E-state index contributed by atoms with van der Waals surface area (Å²) in [5.41, 5.74) is 1.52. The Morgan fingerprint density at radius 1 is 1.30 bits per heavy atom. The van der Waals surface area contributed by atoms with Crippen LogP contribution in [0.3, 0.4) is 0 Å². The first-order valence-electron chi connectivity index (χ1n) is 7.05. The number of thiocarbonyl (C=S) groups is 1. The lowest BCUT2D eigenvalue weighted by atomic mass is 10.2. The molecule has 1 aromatic heterocycles. The van der Waals surface area contributed by atoms with Gasteiger partial charge in [-0.05, 0) is 29.9 Å². The fourth-order valence-corrected chi connectivity index (χ4v) is 2.85. The molecule has 4 nitrogen and oxygen atoms in total. The van der Waals surface area contributed by atoms with Gasteiger partial charge in [-0.3, -0.25) is 0 Å². The van der Waals surface area contributed by atoms with Gasteiger partial charge in [-0.2, -0.15) is 11.8 Å². The Morgan fingerprint density at radius 3 is 2.83 bits per heavy atom. The van der Waals surface area contributed by atoms with Crippen LogP contribution >= 0.6 is 24.0 Å². The largest absolute Gasteiger partial charge is 0.481 e. The fraction of sp³-hybridized carbons (Fsp3) is 0.250.